The highest BCUT2D eigenvalue weighted by Gasteiger charge is 2.45. The molecule has 8 heteroatoms. The number of para-hydroxylation sites is 1. The standard InChI is InChI=1S/C21H20N6O2/c1-14-24-20(29)21(25-14)7-9-26(10-8-21)19(28)15-11-17-18(22-12-15)27(13-23-17)16-5-3-2-4-6-16/h2-6,11-13H,7-10H2,1H3,(H,24,25,29). The number of fused-ring (bicyclic) bond motifs is 1. The third-order valence-electron chi connectivity index (χ3n) is 5.65. The fraction of sp³-hybridized carbons (Fsp3) is 0.286. The van der Waals surface area contributed by atoms with Gasteiger partial charge in [-0.2, -0.15) is 0 Å². The number of amidine groups is 1. The molecule has 0 saturated carbocycles. The number of nitrogens with one attached hydrogen (secondary N) is 1. The van der Waals surface area contributed by atoms with E-state index in [1.807, 2.05) is 34.9 Å². The van der Waals surface area contributed by atoms with Gasteiger partial charge in [0.2, 0.25) is 0 Å². The van der Waals surface area contributed by atoms with Gasteiger partial charge in [0.15, 0.2) is 5.65 Å². The lowest BCUT2D eigenvalue weighted by Crippen LogP contribution is -2.50. The first-order chi connectivity index (χ1) is 14.1. The quantitative estimate of drug-likeness (QED) is 0.726. The van der Waals surface area contributed by atoms with Crippen LogP contribution in [-0.4, -0.2) is 55.7 Å². The maximum absolute atomic E-state index is 13.0. The second kappa shape index (κ2) is 6.51. The Morgan fingerprint density at radius 2 is 1.90 bits per heavy atom. The van der Waals surface area contributed by atoms with Crippen LogP contribution in [0.15, 0.2) is 53.9 Å². The number of carbonyl (C=O) groups is 2. The van der Waals surface area contributed by atoms with E-state index < -0.39 is 5.54 Å². The molecule has 0 radical (unpaired) electrons. The minimum absolute atomic E-state index is 0.0587. The van der Waals surface area contributed by atoms with E-state index in [1.165, 1.54) is 0 Å². The minimum Gasteiger partial charge on any atom is -0.338 e. The number of likely N-dealkylation sites (tertiary alicyclic amines) is 1. The van der Waals surface area contributed by atoms with E-state index >= 15 is 0 Å². The highest BCUT2D eigenvalue weighted by molar-refractivity contribution is 6.07. The summed E-state index contributed by atoms with van der Waals surface area (Å²) in [6.45, 7) is 2.76. The van der Waals surface area contributed by atoms with Crippen molar-refractivity contribution in [2.75, 3.05) is 13.1 Å². The summed E-state index contributed by atoms with van der Waals surface area (Å²) in [7, 11) is 0. The number of nitrogens with zero attached hydrogens (tertiary/aromatic N) is 5. The fourth-order valence-corrected chi connectivity index (χ4v) is 4.08. The molecule has 0 atom stereocenters. The Morgan fingerprint density at radius 1 is 1.14 bits per heavy atom. The van der Waals surface area contributed by atoms with Gasteiger partial charge in [-0.15, -0.1) is 0 Å². The molecule has 5 rings (SSSR count). The van der Waals surface area contributed by atoms with Gasteiger partial charge in [-0.05, 0) is 38.0 Å². The van der Waals surface area contributed by atoms with Gasteiger partial charge in [0.25, 0.3) is 11.8 Å². The van der Waals surface area contributed by atoms with Crippen LogP contribution < -0.4 is 5.32 Å². The normalized spacial score (nSPS) is 18.2. The smallest absolute Gasteiger partial charge is 0.255 e. The molecule has 4 heterocycles. The van der Waals surface area contributed by atoms with Gasteiger partial charge in [0.1, 0.15) is 23.2 Å². The number of carbonyl (C=O) groups excluding carboxylic acids is 2. The Kier molecular flexibility index (Phi) is 3.94. The van der Waals surface area contributed by atoms with Gasteiger partial charge in [0, 0.05) is 25.0 Å². The Hall–Kier alpha value is -3.55. The number of amides is 2. The van der Waals surface area contributed by atoms with E-state index in [1.54, 1.807) is 30.4 Å². The maximum atomic E-state index is 13.0. The number of aromatic nitrogens is 3. The van der Waals surface area contributed by atoms with Crippen LogP contribution in [0.2, 0.25) is 0 Å². The summed E-state index contributed by atoms with van der Waals surface area (Å²) in [4.78, 5) is 40.4. The average Bonchev–Trinajstić information content (AvgIpc) is 3.28. The summed E-state index contributed by atoms with van der Waals surface area (Å²) in [5.41, 5.74) is 2.13. The molecule has 0 aliphatic carbocycles. The first kappa shape index (κ1) is 17.5. The maximum Gasteiger partial charge on any atom is 0.255 e. The Morgan fingerprint density at radius 3 is 2.59 bits per heavy atom. The molecule has 0 unspecified atom stereocenters. The summed E-state index contributed by atoms with van der Waals surface area (Å²) in [5.74, 6) is 0.498. The van der Waals surface area contributed by atoms with Crippen molar-refractivity contribution in [2.45, 2.75) is 25.3 Å². The van der Waals surface area contributed by atoms with Gasteiger partial charge < -0.3 is 10.2 Å². The van der Waals surface area contributed by atoms with Crippen molar-refractivity contribution in [3.8, 4) is 5.69 Å². The Balaban J connectivity index is 1.36. The van der Waals surface area contributed by atoms with Gasteiger partial charge in [-0.1, -0.05) is 18.2 Å². The molecule has 2 aromatic heterocycles. The molecule has 1 fully saturated rings. The Labute approximate surface area is 167 Å². The van der Waals surface area contributed by atoms with E-state index in [0.717, 1.165) is 5.69 Å². The highest BCUT2D eigenvalue weighted by atomic mass is 16.2. The molecule has 1 spiro atoms. The lowest BCUT2D eigenvalue weighted by Gasteiger charge is -2.35. The topological polar surface area (TPSA) is 92.5 Å². The van der Waals surface area contributed by atoms with Gasteiger partial charge >= 0.3 is 0 Å². The molecule has 29 heavy (non-hydrogen) atoms. The van der Waals surface area contributed by atoms with Crippen LogP contribution in [0.1, 0.15) is 30.1 Å². The monoisotopic (exact) mass is 388 g/mol. The molecule has 3 aromatic rings. The minimum atomic E-state index is -0.711. The molecule has 1 saturated heterocycles. The number of piperidine rings is 1. The second-order valence-electron chi connectivity index (χ2n) is 7.49. The first-order valence-corrected chi connectivity index (χ1v) is 9.61. The van der Waals surface area contributed by atoms with E-state index in [-0.39, 0.29) is 11.8 Å². The largest absolute Gasteiger partial charge is 0.338 e. The highest BCUT2D eigenvalue weighted by Crippen LogP contribution is 2.30. The SMILES string of the molecule is CC1=NC2(CCN(C(=O)c3cnc4c(c3)ncn4-c3ccccc3)CC2)C(=O)N1. The number of benzene rings is 1. The van der Waals surface area contributed by atoms with Crippen LogP contribution in [0.3, 0.4) is 0 Å². The summed E-state index contributed by atoms with van der Waals surface area (Å²) < 4.78 is 1.90. The summed E-state index contributed by atoms with van der Waals surface area (Å²) >= 11 is 0. The number of pyridine rings is 1. The van der Waals surface area contributed by atoms with Crippen molar-refractivity contribution in [1.29, 1.82) is 0 Å². The molecular formula is C21H20N6O2. The van der Waals surface area contributed by atoms with Crippen LogP contribution in [0.5, 0.6) is 0 Å². The van der Waals surface area contributed by atoms with Crippen molar-refractivity contribution in [1.82, 2.24) is 24.8 Å². The van der Waals surface area contributed by atoms with Crippen molar-refractivity contribution in [3.63, 3.8) is 0 Å². The molecule has 1 aromatic carbocycles. The number of imidazole rings is 1. The fourth-order valence-electron chi connectivity index (χ4n) is 4.08. The lowest BCUT2D eigenvalue weighted by molar-refractivity contribution is -0.125. The molecule has 2 aliphatic heterocycles. The van der Waals surface area contributed by atoms with E-state index in [2.05, 4.69) is 20.3 Å². The molecule has 0 bridgehead atoms. The third kappa shape index (κ3) is 2.88. The van der Waals surface area contributed by atoms with E-state index in [9.17, 15) is 9.59 Å². The molecule has 2 aliphatic rings. The van der Waals surface area contributed by atoms with Gasteiger partial charge in [0.05, 0.1) is 5.56 Å². The van der Waals surface area contributed by atoms with Crippen molar-refractivity contribution in [3.05, 3.63) is 54.5 Å². The molecule has 2 amide bonds. The van der Waals surface area contributed by atoms with E-state index in [0.29, 0.717) is 48.5 Å². The van der Waals surface area contributed by atoms with Gasteiger partial charge in [-0.25, -0.2) is 9.97 Å². The summed E-state index contributed by atoms with van der Waals surface area (Å²) in [6, 6.07) is 11.6. The van der Waals surface area contributed by atoms with Crippen molar-refractivity contribution >= 4 is 28.8 Å². The molecule has 8 nitrogen and oxygen atoms in total. The first-order valence-electron chi connectivity index (χ1n) is 9.61. The van der Waals surface area contributed by atoms with Crippen LogP contribution in [0.25, 0.3) is 16.9 Å². The zero-order valence-corrected chi connectivity index (χ0v) is 16.0. The van der Waals surface area contributed by atoms with Gasteiger partial charge in [-0.3, -0.25) is 19.1 Å². The van der Waals surface area contributed by atoms with E-state index in [4.69, 9.17) is 0 Å². The molecular weight excluding hydrogens is 368 g/mol. The zero-order chi connectivity index (χ0) is 20.0. The third-order valence-corrected chi connectivity index (χ3v) is 5.65. The Bertz CT molecular complexity index is 1140. The zero-order valence-electron chi connectivity index (χ0n) is 16.0. The van der Waals surface area contributed by atoms with Crippen LogP contribution >= 0.6 is 0 Å². The van der Waals surface area contributed by atoms with Crippen molar-refractivity contribution < 1.29 is 9.59 Å². The summed E-state index contributed by atoms with van der Waals surface area (Å²) in [5, 5.41) is 2.78. The van der Waals surface area contributed by atoms with Crippen LogP contribution in [0.4, 0.5) is 0 Å². The number of hydrogen-bond donors (Lipinski definition) is 1. The number of rotatable bonds is 2. The predicted octanol–water partition coefficient (Wildman–Crippen LogP) is 1.94. The van der Waals surface area contributed by atoms with Crippen LogP contribution in [0, 0.1) is 0 Å². The predicted molar refractivity (Wildman–Crippen MR) is 108 cm³/mol. The van der Waals surface area contributed by atoms with Crippen molar-refractivity contribution in [2.24, 2.45) is 4.99 Å². The number of hydrogen-bond acceptors (Lipinski definition) is 5. The van der Waals surface area contributed by atoms with Crippen LogP contribution in [-0.2, 0) is 4.79 Å². The molecule has 146 valence electrons. The number of aliphatic imine (C=N–C) groups is 1. The second-order valence-corrected chi connectivity index (χ2v) is 7.49. The average molecular weight is 388 g/mol. The molecule has 1 N–H and O–H groups in total. The summed E-state index contributed by atoms with van der Waals surface area (Å²) in [6.07, 6.45) is 4.37. The lowest BCUT2D eigenvalue weighted by atomic mass is 9.88.